The molecule has 0 amide bonds. The van der Waals surface area contributed by atoms with Crippen molar-refractivity contribution in [2.45, 2.75) is 5.06 Å². The molecule has 0 heterocycles. The maximum absolute atomic E-state index is 13.4. The Labute approximate surface area is 89.8 Å². The number of nitrogens with zero attached hydrogens (tertiary/aromatic N) is 2. The molecule has 2 unspecified atom stereocenters. The van der Waals surface area contributed by atoms with Gasteiger partial charge in [0.25, 0.3) is 0 Å². The van der Waals surface area contributed by atoms with E-state index in [1.54, 1.807) is 0 Å². The van der Waals surface area contributed by atoms with Crippen molar-refractivity contribution in [1.29, 1.82) is 10.5 Å². The zero-order valence-electron chi connectivity index (χ0n) is 7.59. The number of halogens is 3. The maximum Gasteiger partial charge on any atom is 0.185 e. The highest BCUT2D eigenvalue weighted by atomic mass is 35.5. The van der Waals surface area contributed by atoms with Crippen molar-refractivity contribution in [3.05, 3.63) is 23.3 Å². The molecule has 6 heteroatoms. The fourth-order valence-electron chi connectivity index (χ4n) is 1.19. The van der Waals surface area contributed by atoms with Gasteiger partial charge in [-0.05, 0) is 0 Å². The van der Waals surface area contributed by atoms with Gasteiger partial charge in [0.2, 0.25) is 0 Å². The summed E-state index contributed by atoms with van der Waals surface area (Å²) in [5.41, 5.74) is -0.810. The molecule has 3 nitrogen and oxygen atoms in total. The molecule has 0 aromatic heterocycles. The Bertz CT molecular complexity index is 432. The van der Waals surface area contributed by atoms with Gasteiger partial charge < -0.3 is 4.74 Å². The van der Waals surface area contributed by atoms with Gasteiger partial charge in [0, 0.05) is 13.2 Å². The number of nitriles is 2. The minimum Gasteiger partial charge on any atom is -0.357 e. The number of methoxy groups -OCH3 is 1. The van der Waals surface area contributed by atoms with Crippen LogP contribution in [0.2, 0.25) is 0 Å². The molecule has 2 atom stereocenters. The van der Waals surface area contributed by atoms with Gasteiger partial charge >= 0.3 is 0 Å². The minimum atomic E-state index is -1.90. The van der Waals surface area contributed by atoms with Crippen LogP contribution in [0.15, 0.2) is 23.3 Å². The Morgan fingerprint density at radius 1 is 1.53 bits per heavy atom. The lowest BCUT2D eigenvalue weighted by Gasteiger charge is -2.28. The van der Waals surface area contributed by atoms with Crippen LogP contribution in [0.3, 0.4) is 0 Å². The van der Waals surface area contributed by atoms with Crippen LogP contribution < -0.4 is 0 Å². The van der Waals surface area contributed by atoms with Gasteiger partial charge in [-0.25, -0.2) is 8.78 Å². The van der Waals surface area contributed by atoms with Crippen molar-refractivity contribution < 1.29 is 13.5 Å². The van der Waals surface area contributed by atoms with Crippen molar-refractivity contribution >= 4 is 11.6 Å². The summed E-state index contributed by atoms with van der Waals surface area (Å²) < 4.78 is 31.3. The molecule has 0 aromatic rings. The van der Waals surface area contributed by atoms with Gasteiger partial charge in [-0.1, -0.05) is 11.6 Å². The highest BCUT2D eigenvalue weighted by Crippen LogP contribution is 2.42. The smallest absolute Gasteiger partial charge is 0.185 e. The van der Waals surface area contributed by atoms with E-state index in [1.807, 2.05) is 0 Å². The molecular weight excluding hydrogens is 226 g/mol. The van der Waals surface area contributed by atoms with E-state index < -0.39 is 28.2 Å². The first-order chi connectivity index (χ1) is 7.00. The number of ether oxygens (including phenoxy) is 1. The summed E-state index contributed by atoms with van der Waals surface area (Å²) in [6.45, 7) is 0. The quantitative estimate of drug-likeness (QED) is 0.650. The Morgan fingerprint density at radius 3 is 2.53 bits per heavy atom. The van der Waals surface area contributed by atoms with Gasteiger partial charge in [0.15, 0.2) is 5.06 Å². The highest BCUT2D eigenvalue weighted by Gasteiger charge is 2.44. The molecular formula is C9H5ClF2N2O. The molecule has 1 aliphatic carbocycles. The molecule has 78 valence electrons. The van der Waals surface area contributed by atoms with Crippen LogP contribution in [0.5, 0.6) is 0 Å². The first-order valence-electron chi connectivity index (χ1n) is 3.82. The number of rotatable bonds is 1. The van der Waals surface area contributed by atoms with Gasteiger partial charge in [0.05, 0.1) is 6.07 Å². The van der Waals surface area contributed by atoms with E-state index in [1.165, 1.54) is 12.1 Å². The topological polar surface area (TPSA) is 56.8 Å². The van der Waals surface area contributed by atoms with Crippen LogP contribution in [0, 0.1) is 28.6 Å². The molecule has 0 aromatic carbocycles. The summed E-state index contributed by atoms with van der Waals surface area (Å²) in [5, 5.41) is 15.2. The number of allylic oxidation sites excluding steroid dienone is 2. The second-order valence-corrected chi connectivity index (χ2v) is 3.38. The first-order valence-corrected chi connectivity index (χ1v) is 4.20. The van der Waals surface area contributed by atoms with E-state index in [0.29, 0.717) is 6.08 Å². The molecule has 0 N–H and O–H groups in total. The zero-order valence-corrected chi connectivity index (χ0v) is 8.35. The van der Waals surface area contributed by atoms with Crippen molar-refractivity contribution in [3.63, 3.8) is 0 Å². The largest absolute Gasteiger partial charge is 0.357 e. The monoisotopic (exact) mass is 230 g/mol. The summed E-state index contributed by atoms with van der Waals surface area (Å²) >= 11 is 5.69. The second kappa shape index (κ2) is 3.98. The van der Waals surface area contributed by atoms with Crippen LogP contribution in [0.1, 0.15) is 0 Å². The van der Waals surface area contributed by atoms with E-state index in [2.05, 4.69) is 4.74 Å². The Kier molecular flexibility index (Phi) is 3.09. The highest BCUT2D eigenvalue weighted by molar-refractivity contribution is 6.25. The Balaban J connectivity index is 3.35. The third-order valence-corrected chi connectivity index (χ3v) is 2.48. The van der Waals surface area contributed by atoms with Crippen molar-refractivity contribution in [1.82, 2.24) is 0 Å². The third kappa shape index (κ3) is 1.72. The molecule has 0 saturated carbocycles. The third-order valence-electron chi connectivity index (χ3n) is 2.00. The maximum atomic E-state index is 13.4. The lowest BCUT2D eigenvalue weighted by Crippen LogP contribution is -2.34. The standard InChI is InChI=1S/C9H5ClF2N2O/c1-15-9(10)2-7(11)5(3-13)8(12)6(9)4-14/h2,6H,1H3. The molecule has 15 heavy (non-hydrogen) atoms. The lowest BCUT2D eigenvalue weighted by molar-refractivity contribution is 0.0715. The predicted molar refractivity (Wildman–Crippen MR) is 47.6 cm³/mol. The van der Waals surface area contributed by atoms with Crippen LogP contribution in [0.4, 0.5) is 8.78 Å². The van der Waals surface area contributed by atoms with E-state index >= 15 is 0 Å². The average molecular weight is 231 g/mol. The molecule has 0 radical (unpaired) electrons. The molecule has 0 fully saturated rings. The van der Waals surface area contributed by atoms with Crippen LogP contribution in [-0.2, 0) is 4.74 Å². The SMILES string of the molecule is COC1(Cl)C=C(F)C(C#N)=C(F)C1C#N. The van der Waals surface area contributed by atoms with Crippen molar-refractivity contribution in [2.75, 3.05) is 7.11 Å². The minimum absolute atomic E-state index is 0.712. The molecule has 0 aliphatic heterocycles. The molecule has 1 rings (SSSR count). The lowest BCUT2D eigenvalue weighted by atomic mass is 9.92. The van der Waals surface area contributed by atoms with Gasteiger partial charge in [0.1, 0.15) is 29.2 Å². The van der Waals surface area contributed by atoms with E-state index in [9.17, 15) is 8.78 Å². The van der Waals surface area contributed by atoms with Gasteiger partial charge in [-0.3, -0.25) is 0 Å². The summed E-state index contributed by atoms with van der Waals surface area (Å²) in [4.78, 5) is 0. The summed E-state index contributed by atoms with van der Waals surface area (Å²) in [6.07, 6.45) is 0.712. The summed E-state index contributed by atoms with van der Waals surface area (Å²) in [6, 6.07) is 2.85. The van der Waals surface area contributed by atoms with Crippen LogP contribution >= 0.6 is 11.6 Å². The summed E-state index contributed by atoms with van der Waals surface area (Å²) in [5.74, 6) is -3.87. The van der Waals surface area contributed by atoms with E-state index in [4.69, 9.17) is 22.1 Å². The Morgan fingerprint density at radius 2 is 2.13 bits per heavy atom. The number of hydrogen-bond acceptors (Lipinski definition) is 3. The first kappa shape index (κ1) is 11.6. The van der Waals surface area contributed by atoms with E-state index in [-0.39, 0.29) is 0 Å². The number of hydrogen-bond donors (Lipinski definition) is 0. The van der Waals surface area contributed by atoms with E-state index in [0.717, 1.165) is 7.11 Å². The fourth-order valence-corrected chi connectivity index (χ4v) is 1.43. The predicted octanol–water partition coefficient (Wildman–Crippen LogP) is 2.32. The van der Waals surface area contributed by atoms with Gasteiger partial charge in [-0.15, -0.1) is 0 Å². The molecule has 1 aliphatic rings. The molecule has 0 spiro atoms. The van der Waals surface area contributed by atoms with Crippen LogP contribution in [-0.4, -0.2) is 12.2 Å². The fraction of sp³-hybridized carbons (Fsp3) is 0.333. The van der Waals surface area contributed by atoms with Crippen LogP contribution in [0.25, 0.3) is 0 Å². The zero-order chi connectivity index (χ0) is 11.6. The van der Waals surface area contributed by atoms with Crippen molar-refractivity contribution in [3.8, 4) is 12.1 Å². The molecule has 0 bridgehead atoms. The average Bonchev–Trinajstić information content (AvgIpc) is 2.18. The summed E-state index contributed by atoms with van der Waals surface area (Å²) in [7, 11) is 1.12. The molecule has 0 saturated heterocycles. The normalized spacial score (nSPS) is 30.5. The van der Waals surface area contributed by atoms with Gasteiger partial charge in [-0.2, -0.15) is 10.5 Å². The Hall–Kier alpha value is -1.43. The van der Waals surface area contributed by atoms with Crippen molar-refractivity contribution in [2.24, 2.45) is 5.92 Å². The number of alkyl halides is 1. The second-order valence-electron chi connectivity index (χ2n) is 2.79.